The van der Waals surface area contributed by atoms with Gasteiger partial charge in [-0.25, -0.2) is 8.78 Å². The molecule has 1 aliphatic carbocycles. The second-order valence-corrected chi connectivity index (χ2v) is 12.2. The largest absolute Gasteiger partial charge is 0.378 e. The Morgan fingerprint density at radius 3 is 2.38 bits per heavy atom. The normalized spacial score (nSPS) is 16.7. The van der Waals surface area contributed by atoms with Crippen LogP contribution in [0.25, 0.3) is 0 Å². The molecule has 3 atom stereocenters. The van der Waals surface area contributed by atoms with Crippen molar-refractivity contribution < 1.29 is 18.3 Å². The molecule has 0 heterocycles. The van der Waals surface area contributed by atoms with E-state index < -0.39 is 23.8 Å². The summed E-state index contributed by atoms with van der Waals surface area (Å²) in [5, 5.41) is 6.80. The number of methoxy groups -OCH3 is 1. The summed E-state index contributed by atoms with van der Waals surface area (Å²) >= 11 is 0. The second-order valence-electron chi connectivity index (χ2n) is 12.2. The molecule has 2 N–H and O–H groups in total. The van der Waals surface area contributed by atoms with E-state index in [0.717, 1.165) is 37.3 Å². The predicted molar refractivity (Wildman–Crippen MR) is 156 cm³/mol. The van der Waals surface area contributed by atoms with Crippen molar-refractivity contribution in [3.63, 3.8) is 0 Å². The predicted octanol–water partition coefficient (Wildman–Crippen LogP) is 6.51. The number of rotatable bonds is 11. The van der Waals surface area contributed by atoms with Crippen LogP contribution in [0.4, 0.5) is 8.78 Å². The molecule has 0 spiro atoms. The molecule has 4 rings (SSSR count). The van der Waals surface area contributed by atoms with E-state index in [1.165, 1.54) is 28.8 Å². The number of aryl methyl sites for hydroxylation is 1. The Kier molecular flexibility index (Phi) is 10.1. The van der Waals surface area contributed by atoms with Gasteiger partial charge in [0.2, 0.25) is 5.91 Å². The van der Waals surface area contributed by atoms with Crippen LogP contribution in [0.1, 0.15) is 67.5 Å². The Morgan fingerprint density at radius 2 is 1.70 bits per heavy atom. The van der Waals surface area contributed by atoms with Gasteiger partial charge >= 0.3 is 0 Å². The molecule has 0 radical (unpaired) electrons. The van der Waals surface area contributed by atoms with Crippen molar-refractivity contribution in [1.82, 2.24) is 10.6 Å². The number of fused-ring (bicyclic) bond motifs is 1. The van der Waals surface area contributed by atoms with Crippen molar-refractivity contribution in [2.24, 2.45) is 5.41 Å². The van der Waals surface area contributed by atoms with Gasteiger partial charge in [-0.3, -0.25) is 4.79 Å². The van der Waals surface area contributed by atoms with Crippen LogP contribution in [-0.2, 0) is 35.2 Å². The monoisotopic (exact) mass is 548 g/mol. The van der Waals surface area contributed by atoms with Gasteiger partial charge in [0.1, 0.15) is 11.6 Å². The summed E-state index contributed by atoms with van der Waals surface area (Å²) in [6, 6.07) is 19.5. The first-order valence-electron chi connectivity index (χ1n) is 14.3. The molecule has 1 unspecified atom stereocenters. The van der Waals surface area contributed by atoms with Crippen LogP contribution in [0, 0.1) is 17.0 Å². The summed E-state index contributed by atoms with van der Waals surface area (Å²) in [5.41, 5.74) is 5.61. The van der Waals surface area contributed by atoms with E-state index >= 15 is 0 Å². The average molecular weight is 549 g/mol. The topological polar surface area (TPSA) is 50.4 Å². The summed E-state index contributed by atoms with van der Waals surface area (Å²) in [6.45, 7) is 7.24. The smallest absolute Gasteiger partial charge is 0.224 e. The lowest BCUT2D eigenvalue weighted by molar-refractivity contribution is -0.122. The van der Waals surface area contributed by atoms with Crippen molar-refractivity contribution in [1.29, 1.82) is 0 Å². The number of ether oxygens (including phenoxy) is 1. The third-order valence-electron chi connectivity index (χ3n) is 7.51. The van der Waals surface area contributed by atoms with Gasteiger partial charge in [-0.15, -0.1) is 0 Å². The van der Waals surface area contributed by atoms with Crippen LogP contribution >= 0.6 is 0 Å². The number of carbonyl (C=O) groups excluding carboxylic acids is 1. The Bertz CT molecular complexity index is 1250. The van der Waals surface area contributed by atoms with E-state index in [-0.39, 0.29) is 30.2 Å². The van der Waals surface area contributed by atoms with Crippen molar-refractivity contribution in [3.8, 4) is 0 Å². The molecule has 1 amide bonds. The van der Waals surface area contributed by atoms with Crippen molar-refractivity contribution in [3.05, 3.63) is 106 Å². The Balaban J connectivity index is 1.51. The first kappa shape index (κ1) is 29.9. The van der Waals surface area contributed by atoms with E-state index in [0.29, 0.717) is 12.1 Å². The zero-order valence-corrected chi connectivity index (χ0v) is 24.1. The summed E-state index contributed by atoms with van der Waals surface area (Å²) in [7, 11) is 1.62. The highest BCUT2D eigenvalue weighted by Gasteiger charge is 2.27. The third kappa shape index (κ3) is 8.70. The third-order valence-corrected chi connectivity index (χ3v) is 7.51. The molecule has 0 saturated carbocycles. The zero-order valence-electron chi connectivity index (χ0n) is 24.1. The number of hydrogen-bond acceptors (Lipinski definition) is 3. The zero-order chi connectivity index (χ0) is 28.7. The fraction of sp³-hybridized carbons (Fsp3) is 0.441. The molecule has 0 aromatic heterocycles. The molecular formula is C34H42F2N2O2. The summed E-state index contributed by atoms with van der Waals surface area (Å²) in [4.78, 5) is 13.1. The lowest BCUT2D eigenvalue weighted by Crippen LogP contribution is -2.50. The van der Waals surface area contributed by atoms with E-state index in [1.54, 1.807) is 7.11 Å². The van der Waals surface area contributed by atoms with Crippen molar-refractivity contribution >= 4 is 5.91 Å². The molecule has 0 saturated heterocycles. The first-order valence-corrected chi connectivity index (χ1v) is 14.3. The lowest BCUT2D eigenvalue weighted by atomic mass is 9.82. The number of nitrogens with one attached hydrogen (secondary N) is 2. The quantitative estimate of drug-likeness (QED) is 0.287. The molecule has 0 aliphatic heterocycles. The van der Waals surface area contributed by atoms with Gasteiger partial charge in [0.25, 0.3) is 0 Å². The highest BCUT2D eigenvalue weighted by molar-refractivity contribution is 5.79. The van der Waals surface area contributed by atoms with E-state index in [2.05, 4.69) is 49.6 Å². The van der Waals surface area contributed by atoms with Crippen LogP contribution in [-0.4, -0.2) is 31.7 Å². The number of halogens is 2. The summed E-state index contributed by atoms with van der Waals surface area (Å²) in [6.07, 6.45) is 4.24. The van der Waals surface area contributed by atoms with Crippen LogP contribution in [0.15, 0.2) is 66.7 Å². The van der Waals surface area contributed by atoms with Crippen molar-refractivity contribution in [2.45, 2.75) is 77.5 Å². The van der Waals surface area contributed by atoms with E-state index in [9.17, 15) is 13.6 Å². The maximum absolute atomic E-state index is 14.0. The number of carbonyl (C=O) groups is 1. The molecule has 40 heavy (non-hydrogen) atoms. The van der Waals surface area contributed by atoms with Crippen LogP contribution in [0.3, 0.4) is 0 Å². The minimum atomic E-state index is -0.638. The second kappa shape index (κ2) is 13.5. The van der Waals surface area contributed by atoms with Gasteiger partial charge in [-0.2, -0.15) is 0 Å². The van der Waals surface area contributed by atoms with E-state index in [1.807, 2.05) is 30.3 Å². The molecule has 1 aliphatic rings. The Hall–Kier alpha value is -3.09. The minimum Gasteiger partial charge on any atom is -0.378 e. The molecule has 3 aromatic rings. The molecule has 0 fully saturated rings. The first-order chi connectivity index (χ1) is 19.1. The fourth-order valence-electron chi connectivity index (χ4n) is 5.73. The number of hydrogen-bond donors (Lipinski definition) is 2. The van der Waals surface area contributed by atoms with Gasteiger partial charge in [-0.1, -0.05) is 69.3 Å². The fourth-order valence-corrected chi connectivity index (χ4v) is 5.73. The molecule has 6 heteroatoms. The van der Waals surface area contributed by atoms with Gasteiger partial charge < -0.3 is 15.4 Å². The minimum absolute atomic E-state index is 0.162. The standard InChI is InChI=1S/C34H42F2N2O2/c1-34(2,3)21-24-13-14-26-11-8-12-30(29(26)17-24)37-22-32(40-4)31(18-25-15-27(35)20-28(36)16-25)38-33(39)19-23-9-6-5-7-10-23/h5-7,9-10,13-17,20,30-32,37H,8,11-12,18-19,21-22H2,1-4H3,(H,38,39)/t30-,31?,32+/m0/s1. The van der Waals surface area contributed by atoms with Gasteiger partial charge in [-0.05, 0) is 77.5 Å². The van der Waals surface area contributed by atoms with Gasteiger partial charge in [0.05, 0.1) is 18.6 Å². The highest BCUT2D eigenvalue weighted by atomic mass is 19.1. The highest BCUT2D eigenvalue weighted by Crippen LogP contribution is 2.32. The van der Waals surface area contributed by atoms with Crippen molar-refractivity contribution in [2.75, 3.05) is 13.7 Å². The van der Waals surface area contributed by atoms with Gasteiger partial charge in [0, 0.05) is 25.8 Å². The Labute approximate surface area is 237 Å². The molecule has 0 bridgehead atoms. The maximum Gasteiger partial charge on any atom is 0.224 e. The van der Waals surface area contributed by atoms with E-state index in [4.69, 9.17) is 4.74 Å². The summed E-state index contributed by atoms with van der Waals surface area (Å²) < 4.78 is 33.9. The Morgan fingerprint density at radius 1 is 0.975 bits per heavy atom. The SMILES string of the molecule is CO[C@H](CN[C@H]1CCCc2ccc(CC(C)(C)C)cc21)C(Cc1cc(F)cc(F)c1)NC(=O)Cc1ccccc1. The van der Waals surface area contributed by atoms with Crippen LogP contribution < -0.4 is 10.6 Å². The number of benzene rings is 3. The average Bonchev–Trinajstić information content (AvgIpc) is 2.88. The molecule has 4 nitrogen and oxygen atoms in total. The summed E-state index contributed by atoms with van der Waals surface area (Å²) in [5.74, 6) is -1.44. The lowest BCUT2D eigenvalue weighted by Gasteiger charge is -2.32. The maximum atomic E-state index is 14.0. The molecule has 3 aromatic carbocycles. The molecule has 214 valence electrons. The molecular weight excluding hydrogens is 506 g/mol. The number of amides is 1. The van der Waals surface area contributed by atoms with Crippen LogP contribution in [0.5, 0.6) is 0 Å². The van der Waals surface area contributed by atoms with Crippen LogP contribution in [0.2, 0.25) is 0 Å². The van der Waals surface area contributed by atoms with Gasteiger partial charge in [0.15, 0.2) is 0 Å².